The van der Waals surface area contributed by atoms with Crippen LogP contribution in [0.3, 0.4) is 0 Å². The molecular weight excluding hydrogens is 324 g/mol. The molecule has 0 aromatic heterocycles. The third-order valence-corrected chi connectivity index (χ3v) is 10.2. The van der Waals surface area contributed by atoms with E-state index in [1.54, 1.807) is 0 Å². The highest BCUT2D eigenvalue weighted by molar-refractivity contribution is 5.17. The Hall–Kier alpha value is -0.120. The maximum atomic E-state index is 10.6. The standard InChI is InChI=1S/C23H38O3/c1-16-23(26-14-13-25-16)12-9-19-18-7-6-17-5-3-4-10-22(17,15-24)20(18)8-11-21(19,23)2/h16-20,24H,3-15H2,1-2H3/t16?,17-,18+,19+,20+,21+,22-,23+/m1/s1. The lowest BCUT2D eigenvalue weighted by molar-refractivity contribution is -0.257. The van der Waals surface area contributed by atoms with Crippen molar-refractivity contribution in [3.63, 3.8) is 0 Å². The third kappa shape index (κ3) is 2.12. The van der Waals surface area contributed by atoms with E-state index in [1.165, 1.54) is 64.2 Å². The molecule has 8 atom stereocenters. The number of hydrogen-bond donors (Lipinski definition) is 1. The molecule has 0 aromatic carbocycles. The van der Waals surface area contributed by atoms with Gasteiger partial charge in [-0.25, -0.2) is 0 Å². The van der Waals surface area contributed by atoms with Gasteiger partial charge in [0.05, 0.1) is 24.9 Å². The Morgan fingerprint density at radius 1 is 0.923 bits per heavy atom. The second kappa shape index (κ2) is 6.19. The molecule has 1 heterocycles. The topological polar surface area (TPSA) is 38.7 Å². The van der Waals surface area contributed by atoms with Crippen LogP contribution in [0.5, 0.6) is 0 Å². The van der Waals surface area contributed by atoms with Gasteiger partial charge in [-0.1, -0.05) is 19.8 Å². The van der Waals surface area contributed by atoms with Crippen LogP contribution in [-0.4, -0.2) is 36.6 Å². The molecule has 0 bridgehead atoms. The van der Waals surface area contributed by atoms with Gasteiger partial charge in [0.2, 0.25) is 0 Å². The van der Waals surface area contributed by atoms with Crippen molar-refractivity contribution < 1.29 is 14.6 Å². The van der Waals surface area contributed by atoms with Crippen LogP contribution in [0.25, 0.3) is 0 Å². The summed E-state index contributed by atoms with van der Waals surface area (Å²) in [7, 11) is 0. The molecule has 5 fully saturated rings. The molecule has 3 heteroatoms. The number of hydrogen-bond acceptors (Lipinski definition) is 3. The van der Waals surface area contributed by atoms with Gasteiger partial charge in [0, 0.05) is 12.0 Å². The zero-order chi connectivity index (χ0) is 18.0. The Labute approximate surface area is 159 Å². The summed E-state index contributed by atoms with van der Waals surface area (Å²) in [6.45, 7) is 6.74. The van der Waals surface area contributed by atoms with Crippen molar-refractivity contribution in [2.24, 2.45) is 34.5 Å². The van der Waals surface area contributed by atoms with Crippen LogP contribution in [0.15, 0.2) is 0 Å². The van der Waals surface area contributed by atoms with Crippen LogP contribution in [0.1, 0.15) is 78.1 Å². The van der Waals surface area contributed by atoms with Crippen molar-refractivity contribution >= 4 is 0 Å². The van der Waals surface area contributed by atoms with Gasteiger partial charge in [-0.2, -0.15) is 0 Å². The number of rotatable bonds is 1. The quantitative estimate of drug-likeness (QED) is 0.743. The smallest absolute Gasteiger partial charge is 0.0997 e. The van der Waals surface area contributed by atoms with Crippen LogP contribution in [0, 0.1) is 34.5 Å². The third-order valence-electron chi connectivity index (χ3n) is 10.2. The van der Waals surface area contributed by atoms with E-state index in [-0.39, 0.29) is 22.5 Å². The largest absolute Gasteiger partial charge is 0.396 e. The van der Waals surface area contributed by atoms with E-state index >= 15 is 0 Å². The van der Waals surface area contributed by atoms with Crippen LogP contribution < -0.4 is 0 Å². The van der Waals surface area contributed by atoms with Gasteiger partial charge >= 0.3 is 0 Å². The molecule has 1 spiro atoms. The normalized spacial score (nSPS) is 56.7. The van der Waals surface area contributed by atoms with E-state index in [0.717, 1.165) is 36.9 Å². The van der Waals surface area contributed by atoms with Crippen molar-refractivity contribution in [3.05, 3.63) is 0 Å². The lowest BCUT2D eigenvalue weighted by Gasteiger charge is -2.63. The Morgan fingerprint density at radius 2 is 1.77 bits per heavy atom. The summed E-state index contributed by atoms with van der Waals surface area (Å²) >= 11 is 0. The van der Waals surface area contributed by atoms with Gasteiger partial charge in [0.15, 0.2) is 0 Å². The van der Waals surface area contributed by atoms with Crippen LogP contribution in [0.2, 0.25) is 0 Å². The molecule has 0 radical (unpaired) electrons. The Kier molecular flexibility index (Phi) is 4.27. The van der Waals surface area contributed by atoms with E-state index < -0.39 is 0 Å². The van der Waals surface area contributed by atoms with Crippen molar-refractivity contribution in [2.45, 2.75) is 89.8 Å². The first-order chi connectivity index (χ1) is 12.6. The second-order valence-electron chi connectivity index (χ2n) is 10.5. The molecule has 4 aliphatic carbocycles. The molecular formula is C23H38O3. The second-order valence-corrected chi connectivity index (χ2v) is 10.5. The minimum atomic E-state index is -0.0589. The maximum Gasteiger partial charge on any atom is 0.0997 e. The lowest BCUT2D eigenvalue weighted by Crippen LogP contribution is -2.62. The molecule has 26 heavy (non-hydrogen) atoms. The lowest BCUT2D eigenvalue weighted by atomic mass is 9.44. The Morgan fingerprint density at radius 3 is 2.58 bits per heavy atom. The molecule has 1 saturated heterocycles. The summed E-state index contributed by atoms with van der Waals surface area (Å²) in [5.41, 5.74) is 0.441. The first-order valence-corrected chi connectivity index (χ1v) is 11.4. The van der Waals surface area contributed by atoms with Crippen LogP contribution >= 0.6 is 0 Å². The Balaban J connectivity index is 1.48. The highest BCUT2D eigenvalue weighted by Crippen LogP contribution is 2.69. The average molecular weight is 363 g/mol. The minimum Gasteiger partial charge on any atom is -0.396 e. The summed E-state index contributed by atoms with van der Waals surface area (Å²) in [5.74, 6) is 3.10. The first kappa shape index (κ1) is 17.9. The molecule has 0 aromatic rings. The predicted molar refractivity (Wildman–Crippen MR) is 102 cm³/mol. The van der Waals surface area contributed by atoms with Crippen LogP contribution in [-0.2, 0) is 9.47 Å². The molecule has 4 saturated carbocycles. The van der Waals surface area contributed by atoms with E-state index in [0.29, 0.717) is 6.61 Å². The van der Waals surface area contributed by atoms with Gasteiger partial charge in [0.1, 0.15) is 0 Å². The van der Waals surface area contributed by atoms with Crippen molar-refractivity contribution in [1.82, 2.24) is 0 Å². The molecule has 1 unspecified atom stereocenters. The molecule has 3 nitrogen and oxygen atoms in total. The number of aliphatic hydroxyl groups is 1. The Bertz CT molecular complexity index is 550. The van der Waals surface area contributed by atoms with E-state index in [2.05, 4.69) is 13.8 Å². The fourth-order valence-electron chi connectivity index (χ4n) is 9.02. The van der Waals surface area contributed by atoms with E-state index in [1.807, 2.05) is 0 Å². The monoisotopic (exact) mass is 362 g/mol. The highest BCUT2D eigenvalue weighted by atomic mass is 16.6. The zero-order valence-corrected chi connectivity index (χ0v) is 16.8. The molecule has 0 amide bonds. The van der Waals surface area contributed by atoms with Gasteiger partial charge in [-0.05, 0) is 87.4 Å². The van der Waals surface area contributed by atoms with Crippen molar-refractivity contribution in [2.75, 3.05) is 19.8 Å². The number of fused-ring (bicyclic) bond motifs is 6. The number of ether oxygens (including phenoxy) is 2. The highest BCUT2D eigenvalue weighted by Gasteiger charge is 2.67. The molecule has 148 valence electrons. The van der Waals surface area contributed by atoms with E-state index in [9.17, 15) is 5.11 Å². The van der Waals surface area contributed by atoms with Gasteiger partial charge in [0.25, 0.3) is 0 Å². The SMILES string of the molecule is CC1OCCO[C@@]12CC[C@H]1[C@@H]3CC[C@H]4CCCC[C@]4(CO)[C@H]3CC[C@@]12C. The minimum absolute atomic E-state index is 0.0589. The molecule has 5 rings (SSSR count). The summed E-state index contributed by atoms with van der Waals surface area (Å²) in [5, 5.41) is 10.6. The average Bonchev–Trinajstić information content (AvgIpc) is 2.97. The van der Waals surface area contributed by atoms with Crippen LogP contribution in [0.4, 0.5) is 0 Å². The first-order valence-electron chi connectivity index (χ1n) is 11.4. The molecule has 1 aliphatic heterocycles. The summed E-state index contributed by atoms with van der Waals surface area (Å²) in [6.07, 6.45) is 13.4. The number of aliphatic hydroxyl groups excluding tert-OH is 1. The zero-order valence-electron chi connectivity index (χ0n) is 16.8. The van der Waals surface area contributed by atoms with E-state index in [4.69, 9.17) is 9.47 Å². The predicted octanol–water partition coefficient (Wildman–Crippen LogP) is 4.57. The van der Waals surface area contributed by atoms with Crippen molar-refractivity contribution in [1.29, 1.82) is 0 Å². The summed E-state index contributed by atoms with van der Waals surface area (Å²) in [6, 6.07) is 0. The van der Waals surface area contributed by atoms with Gasteiger partial charge in [-0.3, -0.25) is 0 Å². The van der Waals surface area contributed by atoms with Gasteiger partial charge < -0.3 is 14.6 Å². The molecule has 5 aliphatic rings. The maximum absolute atomic E-state index is 10.6. The fraction of sp³-hybridized carbons (Fsp3) is 1.00. The fourth-order valence-corrected chi connectivity index (χ4v) is 9.02. The summed E-state index contributed by atoms with van der Waals surface area (Å²) < 4.78 is 12.7. The molecule has 1 N–H and O–H groups in total. The van der Waals surface area contributed by atoms with Gasteiger partial charge in [-0.15, -0.1) is 0 Å². The summed E-state index contributed by atoms with van der Waals surface area (Å²) in [4.78, 5) is 0. The van der Waals surface area contributed by atoms with Crippen molar-refractivity contribution in [3.8, 4) is 0 Å².